The summed E-state index contributed by atoms with van der Waals surface area (Å²) in [6.07, 6.45) is 2.34. The highest BCUT2D eigenvalue weighted by Gasteiger charge is 2.16. The molecule has 2 rings (SSSR count). The molecule has 5 nitrogen and oxygen atoms in total. The predicted octanol–water partition coefficient (Wildman–Crippen LogP) is 1.59. The lowest BCUT2D eigenvalue weighted by atomic mass is 10.00. The zero-order valence-electron chi connectivity index (χ0n) is 12.8. The van der Waals surface area contributed by atoms with Crippen LogP contribution in [0.3, 0.4) is 0 Å². The number of nitrogens with zero attached hydrogens (tertiary/aromatic N) is 2. The number of hydrogen-bond acceptors (Lipinski definition) is 2. The minimum atomic E-state index is -0.0844. The van der Waals surface area contributed by atoms with Crippen LogP contribution in [0.1, 0.15) is 35.7 Å². The van der Waals surface area contributed by atoms with E-state index in [4.69, 9.17) is 5.73 Å². The molecule has 0 radical (unpaired) electrons. The number of aliphatic imine (C=N–C) groups is 1. The molecule has 5 heteroatoms. The summed E-state index contributed by atoms with van der Waals surface area (Å²) in [6, 6.07) is 7.48. The fourth-order valence-electron chi connectivity index (χ4n) is 2.47. The van der Waals surface area contributed by atoms with Gasteiger partial charge >= 0.3 is 0 Å². The van der Waals surface area contributed by atoms with Gasteiger partial charge in [0.1, 0.15) is 0 Å². The second-order valence-corrected chi connectivity index (χ2v) is 5.62. The van der Waals surface area contributed by atoms with Gasteiger partial charge in [-0.1, -0.05) is 19.1 Å². The van der Waals surface area contributed by atoms with E-state index >= 15 is 0 Å². The van der Waals surface area contributed by atoms with E-state index in [1.54, 1.807) is 13.1 Å². The molecule has 1 aromatic carbocycles. The Labute approximate surface area is 126 Å². The van der Waals surface area contributed by atoms with Crippen LogP contribution in [0.25, 0.3) is 0 Å². The molecular weight excluding hydrogens is 264 g/mol. The number of rotatable bonds is 3. The quantitative estimate of drug-likeness (QED) is 0.655. The molecule has 3 N–H and O–H groups in total. The van der Waals surface area contributed by atoms with E-state index in [9.17, 15) is 4.79 Å². The second-order valence-electron chi connectivity index (χ2n) is 5.62. The predicted molar refractivity (Wildman–Crippen MR) is 85.1 cm³/mol. The Morgan fingerprint density at radius 2 is 2.14 bits per heavy atom. The van der Waals surface area contributed by atoms with Crippen molar-refractivity contribution in [1.29, 1.82) is 0 Å². The minimum absolute atomic E-state index is 0.0844. The van der Waals surface area contributed by atoms with E-state index in [1.165, 1.54) is 12.8 Å². The van der Waals surface area contributed by atoms with Gasteiger partial charge in [-0.05, 0) is 36.5 Å². The van der Waals surface area contributed by atoms with Crippen LogP contribution in [-0.2, 0) is 6.54 Å². The van der Waals surface area contributed by atoms with Gasteiger partial charge in [-0.3, -0.25) is 4.79 Å². The van der Waals surface area contributed by atoms with Gasteiger partial charge in [0.2, 0.25) is 0 Å². The molecule has 0 spiro atoms. The molecule has 1 aliphatic heterocycles. The number of piperidine rings is 1. The standard InChI is InChI=1S/C16H24N4O/c1-12-6-8-20(9-7-12)16(17)19-11-13-4-3-5-14(10-13)15(21)18-2/h3-5,10,12H,6-9,11H2,1-2H3,(H2,17,19)(H,18,21). The molecule has 21 heavy (non-hydrogen) atoms. The second kappa shape index (κ2) is 7.11. The largest absolute Gasteiger partial charge is 0.370 e. The summed E-state index contributed by atoms with van der Waals surface area (Å²) in [5, 5.41) is 2.62. The molecule has 1 amide bonds. The summed E-state index contributed by atoms with van der Waals surface area (Å²) >= 11 is 0. The van der Waals surface area contributed by atoms with Gasteiger partial charge in [-0.25, -0.2) is 4.99 Å². The Balaban J connectivity index is 1.98. The van der Waals surface area contributed by atoms with Crippen LogP contribution >= 0.6 is 0 Å². The summed E-state index contributed by atoms with van der Waals surface area (Å²) in [5.74, 6) is 1.30. The topological polar surface area (TPSA) is 70.7 Å². The number of amides is 1. The van der Waals surface area contributed by atoms with Gasteiger partial charge in [0.05, 0.1) is 6.54 Å². The lowest BCUT2D eigenvalue weighted by molar-refractivity contribution is 0.0963. The number of guanidine groups is 1. The van der Waals surface area contributed by atoms with Crippen molar-refractivity contribution >= 4 is 11.9 Å². The fourth-order valence-corrected chi connectivity index (χ4v) is 2.47. The Bertz CT molecular complexity index is 519. The summed E-state index contributed by atoms with van der Waals surface area (Å²) in [4.78, 5) is 18.2. The Morgan fingerprint density at radius 3 is 2.81 bits per heavy atom. The van der Waals surface area contributed by atoms with Gasteiger partial charge in [-0.2, -0.15) is 0 Å². The van der Waals surface area contributed by atoms with Crippen molar-refractivity contribution in [2.75, 3.05) is 20.1 Å². The molecule has 0 bridgehead atoms. The summed E-state index contributed by atoms with van der Waals surface area (Å²) in [7, 11) is 1.63. The van der Waals surface area contributed by atoms with Crippen LogP contribution in [0.2, 0.25) is 0 Å². The maximum absolute atomic E-state index is 11.6. The average Bonchev–Trinajstić information content (AvgIpc) is 2.52. The number of benzene rings is 1. The molecule has 1 heterocycles. The highest BCUT2D eigenvalue weighted by Crippen LogP contribution is 2.15. The number of nitrogens with two attached hydrogens (primary N) is 1. The van der Waals surface area contributed by atoms with E-state index in [0.717, 1.165) is 24.6 Å². The first kappa shape index (κ1) is 15.4. The van der Waals surface area contributed by atoms with Crippen molar-refractivity contribution in [3.05, 3.63) is 35.4 Å². The van der Waals surface area contributed by atoms with E-state index in [0.29, 0.717) is 18.1 Å². The van der Waals surface area contributed by atoms with Gasteiger partial charge in [-0.15, -0.1) is 0 Å². The maximum atomic E-state index is 11.6. The number of hydrogen-bond donors (Lipinski definition) is 2. The van der Waals surface area contributed by atoms with Gasteiger partial charge in [0.25, 0.3) is 5.91 Å². The Morgan fingerprint density at radius 1 is 1.43 bits per heavy atom. The van der Waals surface area contributed by atoms with Crippen LogP contribution < -0.4 is 11.1 Å². The molecule has 1 aromatic rings. The van der Waals surface area contributed by atoms with Gasteiger partial charge in [0.15, 0.2) is 5.96 Å². The van der Waals surface area contributed by atoms with E-state index in [2.05, 4.69) is 22.1 Å². The normalized spacial score (nSPS) is 16.9. The van der Waals surface area contributed by atoms with Crippen LogP contribution in [0.4, 0.5) is 0 Å². The molecule has 0 atom stereocenters. The third-order valence-corrected chi connectivity index (χ3v) is 3.95. The molecule has 114 valence electrons. The molecule has 1 fully saturated rings. The number of carbonyl (C=O) groups is 1. The van der Waals surface area contributed by atoms with Crippen molar-refractivity contribution < 1.29 is 4.79 Å². The van der Waals surface area contributed by atoms with Crippen molar-refractivity contribution in [1.82, 2.24) is 10.2 Å². The van der Waals surface area contributed by atoms with E-state index in [1.807, 2.05) is 18.2 Å². The van der Waals surface area contributed by atoms with Crippen LogP contribution in [0.5, 0.6) is 0 Å². The van der Waals surface area contributed by atoms with Crippen molar-refractivity contribution in [3.63, 3.8) is 0 Å². The Kier molecular flexibility index (Phi) is 5.20. The lowest BCUT2D eigenvalue weighted by Crippen LogP contribution is -2.42. The summed E-state index contributed by atoms with van der Waals surface area (Å²) in [5.41, 5.74) is 7.70. The summed E-state index contributed by atoms with van der Waals surface area (Å²) < 4.78 is 0. The lowest BCUT2D eigenvalue weighted by Gasteiger charge is -2.31. The first-order valence-corrected chi connectivity index (χ1v) is 7.46. The van der Waals surface area contributed by atoms with Crippen LogP contribution in [0.15, 0.2) is 29.3 Å². The molecule has 1 saturated heterocycles. The third kappa shape index (κ3) is 4.21. The van der Waals surface area contributed by atoms with Crippen LogP contribution in [-0.4, -0.2) is 36.9 Å². The van der Waals surface area contributed by atoms with E-state index < -0.39 is 0 Å². The highest BCUT2D eigenvalue weighted by atomic mass is 16.1. The third-order valence-electron chi connectivity index (χ3n) is 3.95. The van der Waals surface area contributed by atoms with Crippen LogP contribution in [0, 0.1) is 5.92 Å². The maximum Gasteiger partial charge on any atom is 0.251 e. The molecule has 0 aliphatic carbocycles. The zero-order valence-corrected chi connectivity index (χ0v) is 12.8. The number of carbonyl (C=O) groups excluding carboxylic acids is 1. The molecule has 0 unspecified atom stereocenters. The minimum Gasteiger partial charge on any atom is -0.370 e. The Hall–Kier alpha value is -2.04. The molecule has 1 aliphatic rings. The first-order chi connectivity index (χ1) is 10.1. The average molecular weight is 288 g/mol. The molecule has 0 aromatic heterocycles. The smallest absolute Gasteiger partial charge is 0.251 e. The van der Waals surface area contributed by atoms with E-state index in [-0.39, 0.29) is 5.91 Å². The van der Waals surface area contributed by atoms with Crippen molar-refractivity contribution in [3.8, 4) is 0 Å². The number of nitrogens with one attached hydrogen (secondary N) is 1. The van der Waals surface area contributed by atoms with Crippen molar-refractivity contribution in [2.45, 2.75) is 26.3 Å². The molecular formula is C16H24N4O. The SMILES string of the molecule is CNC(=O)c1cccc(CN=C(N)N2CCC(C)CC2)c1. The molecule has 0 saturated carbocycles. The van der Waals surface area contributed by atoms with Crippen molar-refractivity contribution in [2.24, 2.45) is 16.6 Å². The zero-order chi connectivity index (χ0) is 15.2. The van der Waals surface area contributed by atoms with Gasteiger partial charge < -0.3 is 16.0 Å². The monoisotopic (exact) mass is 288 g/mol. The highest BCUT2D eigenvalue weighted by molar-refractivity contribution is 5.94. The first-order valence-electron chi connectivity index (χ1n) is 7.46. The summed E-state index contributed by atoms with van der Waals surface area (Å²) in [6.45, 7) is 4.74. The number of likely N-dealkylation sites (tertiary alicyclic amines) is 1. The van der Waals surface area contributed by atoms with Gasteiger partial charge in [0, 0.05) is 25.7 Å². The fraction of sp³-hybridized carbons (Fsp3) is 0.500.